The lowest BCUT2D eigenvalue weighted by Crippen LogP contribution is -2.09. The van der Waals surface area contributed by atoms with Gasteiger partial charge in [0.2, 0.25) is 0 Å². The Morgan fingerprint density at radius 3 is 0.923 bits per heavy atom. The predicted octanol–water partition coefficient (Wildman–Crippen LogP) is 3.51. The van der Waals surface area contributed by atoms with Crippen molar-refractivity contribution in [1.29, 1.82) is 0 Å². The summed E-state index contributed by atoms with van der Waals surface area (Å²) in [6.07, 6.45) is 0.750. The molecule has 13 heavy (non-hydrogen) atoms. The first-order chi connectivity index (χ1) is 6.13. The third kappa shape index (κ3) is 11.2. The number of rotatable bonds is 2. The lowest BCUT2D eigenvalue weighted by atomic mass is 10.4. The van der Waals surface area contributed by atoms with Gasteiger partial charge in [0.15, 0.2) is 0 Å². The first kappa shape index (κ1) is 12.2. The summed E-state index contributed by atoms with van der Waals surface area (Å²) >= 11 is 0. The molecule has 0 saturated heterocycles. The summed E-state index contributed by atoms with van der Waals surface area (Å²) in [5, 5.41) is 0. The predicted molar refractivity (Wildman–Crippen MR) is 57.8 cm³/mol. The minimum atomic E-state index is 0.375. The normalized spacial score (nSPS) is 9.69. The van der Waals surface area contributed by atoms with E-state index in [1.54, 1.807) is 0 Å². The van der Waals surface area contributed by atoms with Crippen molar-refractivity contribution in [3.63, 3.8) is 0 Å². The molecule has 0 aliphatic rings. The Bertz CT molecular complexity index is 147. The molecule has 0 aliphatic heterocycles. The van der Waals surface area contributed by atoms with Crippen LogP contribution < -0.4 is 0 Å². The van der Waals surface area contributed by atoms with E-state index in [2.05, 4.69) is 0 Å². The van der Waals surface area contributed by atoms with Gasteiger partial charge in [0.1, 0.15) is 0 Å². The van der Waals surface area contributed by atoms with Gasteiger partial charge in [-0.05, 0) is 27.7 Å². The van der Waals surface area contributed by atoms with Crippen molar-refractivity contribution in [2.75, 3.05) is 0 Å². The fourth-order valence-electron chi connectivity index (χ4n) is 0.929. The first-order valence-electron chi connectivity index (χ1n) is 4.78. The molecule has 0 aromatic heterocycles. The van der Waals surface area contributed by atoms with E-state index < -0.39 is 0 Å². The number of hydrogen-bond donors (Lipinski definition) is 0. The molecule has 74 valence electrons. The van der Waals surface area contributed by atoms with E-state index in [0.29, 0.717) is 12.2 Å². The van der Waals surface area contributed by atoms with E-state index in [-0.39, 0.29) is 0 Å². The summed E-state index contributed by atoms with van der Waals surface area (Å²) in [6, 6.07) is 12.0. The Labute approximate surface area is 81.7 Å². The Morgan fingerprint density at radius 2 is 0.846 bits per heavy atom. The molecule has 1 nitrogen and oxygen atoms in total. The molecule has 0 spiro atoms. The second-order valence-corrected chi connectivity index (χ2v) is 3.39. The lowest BCUT2D eigenvalue weighted by molar-refractivity contribution is 0.0300. The first-order valence-corrected chi connectivity index (χ1v) is 4.78. The summed E-state index contributed by atoms with van der Waals surface area (Å²) in [5.41, 5.74) is 0. The molecule has 0 aliphatic carbocycles. The van der Waals surface area contributed by atoms with Crippen LogP contribution in [0.5, 0.6) is 0 Å². The highest BCUT2D eigenvalue weighted by atomic mass is 16.5. The zero-order chi connectivity index (χ0) is 10.1. The fraction of sp³-hybridized carbons (Fsp3) is 0.500. The smallest absolute Gasteiger partial charge is 0.0522 e. The number of benzene rings is 1. The monoisotopic (exact) mass is 180 g/mol. The summed E-state index contributed by atoms with van der Waals surface area (Å²) in [4.78, 5) is 0. The van der Waals surface area contributed by atoms with Crippen molar-refractivity contribution < 1.29 is 4.74 Å². The van der Waals surface area contributed by atoms with E-state index in [0.717, 1.165) is 0 Å². The van der Waals surface area contributed by atoms with E-state index >= 15 is 0 Å². The van der Waals surface area contributed by atoms with Crippen LogP contribution >= 0.6 is 0 Å². The van der Waals surface area contributed by atoms with Crippen LogP contribution in [0.2, 0.25) is 0 Å². The van der Waals surface area contributed by atoms with Crippen LogP contribution in [0.15, 0.2) is 36.4 Å². The van der Waals surface area contributed by atoms with E-state index in [1.165, 1.54) is 0 Å². The Hall–Kier alpha value is -0.820. The molecule has 0 bridgehead atoms. The van der Waals surface area contributed by atoms with Gasteiger partial charge in [-0.1, -0.05) is 36.4 Å². The topological polar surface area (TPSA) is 9.23 Å². The van der Waals surface area contributed by atoms with Crippen LogP contribution in [0.1, 0.15) is 27.7 Å². The molecule has 0 fully saturated rings. The Kier molecular flexibility index (Phi) is 7.32. The second-order valence-electron chi connectivity index (χ2n) is 3.39. The van der Waals surface area contributed by atoms with Crippen LogP contribution in [-0.2, 0) is 4.74 Å². The van der Waals surface area contributed by atoms with Crippen molar-refractivity contribution >= 4 is 0 Å². The Morgan fingerprint density at radius 1 is 0.615 bits per heavy atom. The van der Waals surface area contributed by atoms with E-state index in [9.17, 15) is 0 Å². The SMILES string of the molecule is CC(C)OC(C)C.c1ccccc1. The molecule has 0 unspecified atom stereocenters. The molecular formula is C12H20O. The molecule has 0 N–H and O–H groups in total. The summed E-state index contributed by atoms with van der Waals surface area (Å²) < 4.78 is 5.25. The van der Waals surface area contributed by atoms with Gasteiger partial charge < -0.3 is 4.74 Å². The van der Waals surface area contributed by atoms with Gasteiger partial charge in [0, 0.05) is 0 Å². The third-order valence-corrected chi connectivity index (χ3v) is 1.21. The molecule has 0 radical (unpaired) electrons. The van der Waals surface area contributed by atoms with Crippen LogP contribution in [0.25, 0.3) is 0 Å². The van der Waals surface area contributed by atoms with Crippen molar-refractivity contribution in [1.82, 2.24) is 0 Å². The highest BCUT2D eigenvalue weighted by molar-refractivity contribution is 4.99. The van der Waals surface area contributed by atoms with Gasteiger partial charge in [0.25, 0.3) is 0 Å². The van der Waals surface area contributed by atoms with Gasteiger partial charge >= 0.3 is 0 Å². The van der Waals surface area contributed by atoms with Crippen LogP contribution in [-0.4, -0.2) is 12.2 Å². The molecule has 0 saturated carbocycles. The maximum atomic E-state index is 5.25. The van der Waals surface area contributed by atoms with E-state index in [1.807, 2.05) is 64.1 Å². The van der Waals surface area contributed by atoms with Gasteiger partial charge in [0.05, 0.1) is 12.2 Å². The van der Waals surface area contributed by atoms with Crippen LogP contribution in [0.3, 0.4) is 0 Å². The molecule has 1 heteroatoms. The van der Waals surface area contributed by atoms with Gasteiger partial charge in [-0.3, -0.25) is 0 Å². The number of hydrogen-bond acceptors (Lipinski definition) is 1. The van der Waals surface area contributed by atoms with Crippen LogP contribution in [0, 0.1) is 0 Å². The molecule has 1 aromatic carbocycles. The van der Waals surface area contributed by atoms with Gasteiger partial charge in [-0.15, -0.1) is 0 Å². The van der Waals surface area contributed by atoms with Crippen molar-refractivity contribution in [2.45, 2.75) is 39.9 Å². The lowest BCUT2D eigenvalue weighted by Gasteiger charge is -2.09. The van der Waals surface area contributed by atoms with Crippen LogP contribution in [0.4, 0.5) is 0 Å². The maximum Gasteiger partial charge on any atom is 0.0522 e. The Balaban J connectivity index is 0.000000223. The molecule has 1 aromatic rings. The molecule has 0 heterocycles. The average molecular weight is 180 g/mol. The maximum absolute atomic E-state index is 5.25. The molecule has 0 amide bonds. The zero-order valence-electron chi connectivity index (χ0n) is 9.03. The van der Waals surface area contributed by atoms with Gasteiger partial charge in [-0.25, -0.2) is 0 Å². The second kappa shape index (κ2) is 7.81. The summed E-state index contributed by atoms with van der Waals surface area (Å²) in [6.45, 7) is 8.17. The highest BCUT2D eigenvalue weighted by Gasteiger charge is 1.94. The van der Waals surface area contributed by atoms with Crippen molar-refractivity contribution in [3.8, 4) is 0 Å². The van der Waals surface area contributed by atoms with Gasteiger partial charge in [-0.2, -0.15) is 0 Å². The largest absolute Gasteiger partial charge is 0.376 e. The highest BCUT2D eigenvalue weighted by Crippen LogP contribution is 1.93. The standard InChI is InChI=1S/C6H14O.C6H6/c1-5(2)7-6(3)4;1-2-4-6-5-3-1/h5-6H,1-4H3;1-6H. The summed E-state index contributed by atoms with van der Waals surface area (Å²) in [7, 11) is 0. The molecular weight excluding hydrogens is 160 g/mol. The minimum Gasteiger partial charge on any atom is -0.376 e. The van der Waals surface area contributed by atoms with E-state index in [4.69, 9.17) is 4.74 Å². The minimum absolute atomic E-state index is 0.375. The van der Waals surface area contributed by atoms with Crippen molar-refractivity contribution in [2.24, 2.45) is 0 Å². The zero-order valence-corrected chi connectivity index (χ0v) is 9.03. The third-order valence-electron chi connectivity index (χ3n) is 1.21. The summed E-state index contributed by atoms with van der Waals surface area (Å²) in [5.74, 6) is 0. The quantitative estimate of drug-likeness (QED) is 0.676. The molecule has 0 atom stereocenters. The van der Waals surface area contributed by atoms with Crippen molar-refractivity contribution in [3.05, 3.63) is 36.4 Å². The average Bonchev–Trinajstić information content (AvgIpc) is 2.06. The number of ether oxygens (including phenoxy) is 1. The fourth-order valence-corrected chi connectivity index (χ4v) is 0.929. The molecule has 1 rings (SSSR count).